The van der Waals surface area contributed by atoms with E-state index in [9.17, 15) is 4.79 Å². The van der Waals surface area contributed by atoms with Gasteiger partial charge in [0.15, 0.2) is 0 Å². The fourth-order valence-electron chi connectivity index (χ4n) is 0.530. The maximum absolute atomic E-state index is 10.4. The molecule has 1 fully saturated rings. The average molecular weight is 148 g/mol. The first-order chi connectivity index (χ1) is 4.33. The molecule has 9 heavy (non-hydrogen) atoms. The first-order valence-electron chi connectivity index (χ1n) is 2.75. The molecule has 0 saturated carbocycles. The minimum atomic E-state index is -0.345. The second kappa shape index (κ2) is 3.08. The second-order valence-electron chi connectivity index (χ2n) is 1.54. The molecular weight excluding hydrogens is 140 g/mol. The molecule has 1 heterocycles. The van der Waals surface area contributed by atoms with Gasteiger partial charge in [-0.3, -0.25) is 4.79 Å². The molecule has 0 spiro atoms. The van der Waals surface area contributed by atoms with Crippen LogP contribution in [-0.2, 0) is 14.3 Å². The van der Waals surface area contributed by atoms with Gasteiger partial charge in [0.2, 0.25) is 0 Å². The van der Waals surface area contributed by atoms with Crippen molar-refractivity contribution in [2.45, 2.75) is 12.5 Å². The third kappa shape index (κ3) is 1.87. The molecule has 1 atom stereocenters. The number of esters is 1. The van der Waals surface area contributed by atoms with Gasteiger partial charge in [0.1, 0.15) is 0 Å². The summed E-state index contributed by atoms with van der Waals surface area (Å²) in [5.41, 5.74) is -0.345. The molecule has 1 saturated heterocycles. The van der Waals surface area contributed by atoms with E-state index in [4.69, 9.17) is 9.47 Å². The molecule has 1 aliphatic rings. The maximum atomic E-state index is 10.4. The van der Waals surface area contributed by atoms with Crippen LogP contribution in [0.1, 0.15) is 6.92 Å². The van der Waals surface area contributed by atoms with E-state index in [2.05, 4.69) is 0 Å². The van der Waals surface area contributed by atoms with Crippen molar-refractivity contribution < 1.29 is 14.3 Å². The first-order valence-corrected chi connectivity index (χ1v) is 3.80. The molecule has 0 N–H and O–H groups in total. The molecule has 0 aromatic heterocycles. The van der Waals surface area contributed by atoms with Crippen molar-refractivity contribution in [2.75, 3.05) is 12.4 Å². The van der Waals surface area contributed by atoms with Crippen LogP contribution in [-0.4, -0.2) is 24.0 Å². The Bertz CT molecular complexity index is 115. The zero-order valence-electron chi connectivity index (χ0n) is 5.12. The van der Waals surface area contributed by atoms with Crippen LogP contribution >= 0.6 is 11.8 Å². The van der Waals surface area contributed by atoms with Gasteiger partial charge in [-0.25, -0.2) is 0 Å². The maximum Gasteiger partial charge on any atom is 0.319 e. The van der Waals surface area contributed by atoms with E-state index in [0.29, 0.717) is 12.4 Å². The molecule has 0 radical (unpaired) electrons. The van der Waals surface area contributed by atoms with Crippen molar-refractivity contribution in [3.05, 3.63) is 0 Å². The zero-order chi connectivity index (χ0) is 6.69. The third-order valence-electron chi connectivity index (χ3n) is 0.868. The summed E-state index contributed by atoms with van der Waals surface area (Å²) in [5.74, 6) is 0.239. The van der Waals surface area contributed by atoms with Crippen LogP contribution in [0.4, 0.5) is 0 Å². The van der Waals surface area contributed by atoms with Crippen molar-refractivity contribution in [2.24, 2.45) is 0 Å². The highest BCUT2D eigenvalue weighted by atomic mass is 32.2. The standard InChI is InChI=1S/C5H8O3S/c1-2-7-5-8-4(6)3-9-5/h5H,2-3H2,1H3. The Hall–Kier alpha value is -0.220. The molecule has 0 aliphatic carbocycles. The molecular formula is C5H8O3S. The largest absolute Gasteiger partial charge is 0.425 e. The summed E-state index contributed by atoms with van der Waals surface area (Å²) >= 11 is 1.38. The fraction of sp³-hybridized carbons (Fsp3) is 0.800. The summed E-state index contributed by atoms with van der Waals surface area (Å²) in [7, 11) is 0. The molecule has 1 rings (SSSR count). The van der Waals surface area contributed by atoms with Crippen LogP contribution < -0.4 is 0 Å². The molecule has 1 unspecified atom stereocenters. The quantitative estimate of drug-likeness (QED) is 0.537. The second-order valence-corrected chi connectivity index (χ2v) is 2.55. The first kappa shape index (κ1) is 6.89. The van der Waals surface area contributed by atoms with Gasteiger partial charge in [0.05, 0.1) is 5.75 Å². The third-order valence-corrected chi connectivity index (χ3v) is 1.77. The molecule has 0 bridgehead atoms. The number of cyclic esters (lactones) is 1. The Morgan fingerprint density at radius 1 is 2.00 bits per heavy atom. The van der Waals surface area contributed by atoms with Crippen molar-refractivity contribution >= 4 is 17.7 Å². The van der Waals surface area contributed by atoms with Crippen LogP contribution in [0.25, 0.3) is 0 Å². The van der Waals surface area contributed by atoms with Crippen LogP contribution in [0, 0.1) is 0 Å². The van der Waals surface area contributed by atoms with E-state index in [1.165, 1.54) is 11.8 Å². The molecule has 0 aromatic carbocycles. The van der Waals surface area contributed by atoms with E-state index in [1.54, 1.807) is 0 Å². The smallest absolute Gasteiger partial charge is 0.319 e. The Labute approximate surface area is 57.7 Å². The van der Waals surface area contributed by atoms with Crippen LogP contribution in [0.3, 0.4) is 0 Å². The van der Waals surface area contributed by atoms with Crippen molar-refractivity contribution in [3.63, 3.8) is 0 Å². The summed E-state index contributed by atoms with van der Waals surface area (Å²) in [6.45, 7) is 2.46. The Balaban J connectivity index is 2.22. The summed E-state index contributed by atoms with van der Waals surface area (Å²) in [4.78, 5) is 10.4. The SMILES string of the molecule is CCOC1OC(=O)CS1. The highest BCUT2D eigenvalue weighted by Gasteiger charge is 2.23. The minimum Gasteiger partial charge on any atom is -0.425 e. The lowest BCUT2D eigenvalue weighted by Gasteiger charge is -2.05. The van der Waals surface area contributed by atoms with Gasteiger partial charge in [-0.2, -0.15) is 0 Å². The fourth-order valence-corrected chi connectivity index (χ4v) is 1.28. The van der Waals surface area contributed by atoms with E-state index >= 15 is 0 Å². The van der Waals surface area contributed by atoms with Gasteiger partial charge in [0.25, 0.3) is 5.62 Å². The Morgan fingerprint density at radius 3 is 3.22 bits per heavy atom. The number of hydrogen-bond acceptors (Lipinski definition) is 4. The lowest BCUT2D eigenvalue weighted by atomic mass is 10.8. The topological polar surface area (TPSA) is 35.5 Å². The minimum absolute atomic E-state index is 0.182. The van der Waals surface area contributed by atoms with Crippen LogP contribution in [0.5, 0.6) is 0 Å². The van der Waals surface area contributed by atoms with Crippen LogP contribution in [0.15, 0.2) is 0 Å². The predicted octanol–water partition coefficient (Wildman–Crippen LogP) is 0.596. The van der Waals surface area contributed by atoms with Gasteiger partial charge in [-0.15, -0.1) is 0 Å². The highest BCUT2D eigenvalue weighted by molar-refractivity contribution is 8.00. The molecule has 1 aliphatic heterocycles. The molecule has 0 amide bonds. The van der Waals surface area contributed by atoms with Gasteiger partial charge >= 0.3 is 5.97 Å². The van der Waals surface area contributed by atoms with Crippen LogP contribution in [0.2, 0.25) is 0 Å². The molecule has 4 heteroatoms. The Morgan fingerprint density at radius 2 is 2.78 bits per heavy atom. The van der Waals surface area contributed by atoms with Crippen molar-refractivity contribution in [1.82, 2.24) is 0 Å². The summed E-state index contributed by atoms with van der Waals surface area (Å²) in [6, 6.07) is 0. The van der Waals surface area contributed by atoms with E-state index in [1.807, 2.05) is 6.92 Å². The monoisotopic (exact) mass is 148 g/mol. The molecule has 0 aromatic rings. The highest BCUT2D eigenvalue weighted by Crippen LogP contribution is 2.21. The lowest BCUT2D eigenvalue weighted by molar-refractivity contribution is -0.154. The number of rotatable bonds is 2. The number of carbonyl (C=O) groups excluding carboxylic acids is 1. The lowest BCUT2D eigenvalue weighted by Crippen LogP contribution is -2.08. The predicted molar refractivity (Wildman–Crippen MR) is 34.0 cm³/mol. The summed E-state index contributed by atoms with van der Waals surface area (Å²) in [5, 5.41) is 0. The normalized spacial score (nSPS) is 26.3. The summed E-state index contributed by atoms with van der Waals surface area (Å²) in [6.07, 6.45) is 0. The van der Waals surface area contributed by atoms with Gasteiger partial charge < -0.3 is 9.47 Å². The van der Waals surface area contributed by atoms with E-state index < -0.39 is 0 Å². The van der Waals surface area contributed by atoms with Gasteiger partial charge in [-0.05, 0) is 6.92 Å². The summed E-state index contributed by atoms with van der Waals surface area (Å²) < 4.78 is 9.70. The number of ether oxygens (including phenoxy) is 2. The molecule has 52 valence electrons. The van der Waals surface area contributed by atoms with Gasteiger partial charge in [-0.1, -0.05) is 11.8 Å². The molecule has 3 nitrogen and oxygen atoms in total. The number of carbonyl (C=O) groups is 1. The van der Waals surface area contributed by atoms with E-state index in [0.717, 1.165) is 0 Å². The average Bonchev–Trinajstić information content (AvgIpc) is 2.17. The number of thioether (sulfide) groups is 1. The number of hydrogen-bond donors (Lipinski definition) is 0. The zero-order valence-corrected chi connectivity index (χ0v) is 5.94. The Kier molecular flexibility index (Phi) is 2.36. The van der Waals surface area contributed by atoms with Crippen molar-refractivity contribution in [3.8, 4) is 0 Å². The van der Waals surface area contributed by atoms with Gasteiger partial charge in [0, 0.05) is 6.61 Å². The van der Waals surface area contributed by atoms with E-state index in [-0.39, 0.29) is 11.6 Å². The van der Waals surface area contributed by atoms with Crippen molar-refractivity contribution in [1.29, 1.82) is 0 Å².